The number of pyridine rings is 2. The summed E-state index contributed by atoms with van der Waals surface area (Å²) in [6.45, 7) is 8.13. The van der Waals surface area contributed by atoms with Gasteiger partial charge in [0.25, 0.3) is 11.5 Å². The summed E-state index contributed by atoms with van der Waals surface area (Å²) >= 11 is 0. The molecule has 3 aromatic rings. The van der Waals surface area contributed by atoms with Crippen molar-refractivity contribution in [2.75, 3.05) is 33.5 Å². The number of fused-ring (bicyclic) bond motifs is 1. The quantitative estimate of drug-likeness (QED) is 0.272. The normalized spacial score (nSPS) is 12.2. The van der Waals surface area contributed by atoms with E-state index in [1.807, 2.05) is 27.7 Å². The summed E-state index contributed by atoms with van der Waals surface area (Å²) in [5.74, 6) is -0.593. The van der Waals surface area contributed by atoms with Gasteiger partial charge in [-0.15, -0.1) is 0 Å². The number of aromatic nitrogens is 4. The van der Waals surface area contributed by atoms with Crippen molar-refractivity contribution in [1.29, 1.82) is 0 Å². The molecule has 1 unspecified atom stereocenters. The highest BCUT2D eigenvalue weighted by molar-refractivity contribution is 5.95. The number of carbonyl (C=O) groups is 3. The summed E-state index contributed by atoms with van der Waals surface area (Å²) in [6.07, 6.45) is 3.72. The highest BCUT2D eigenvalue weighted by atomic mass is 19.1. The molecule has 0 aliphatic rings. The Morgan fingerprint density at radius 1 is 1.07 bits per heavy atom. The molecule has 1 atom stereocenters. The van der Waals surface area contributed by atoms with Crippen molar-refractivity contribution in [3.05, 3.63) is 63.9 Å². The van der Waals surface area contributed by atoms with Crippen LogP contribution in [-0.2, 0) is 33.7 Å². The Bertz CT molecular complexity index is 1610. The molecule has 3 amide bonds. The van der Waals surface area contributed by atoms with E-state index in [0.29, 0.717) is 35.6 Å². The molecule has 13 heteroatoms. The number of allylic oxidation sites excluding steroid dienone is 1. The monoisotopic (exact) mass is 625 g/mol. The summed E-state index contributed by atoms with van der Waals surface area (Å²) in [4.78, 5) is 65.8. The number of nitrogens with zero attached hydrogens (tertiary/aromatic N) is 5. The fourth-order valence-electron chi connectivity index (χ4n) is 4.58. The van der Waals surface area contributed by atoms with Crippen molar-refractivity contribution in [3.63, 3.8) is 0 Å². The van der Waals surface area contributed by atoms with Crippen LogP contribution in [0.2, 0.25) is 0 Å². The van der Waals surface area contributed by atoms with Crippen LogP contribution in [0.5, 0.6) is 0 Å². The second kappa shape index (κ2) is 15.4. The molecular weight excluding hydrogens is 581 g/mol. The summed E-state index contributed by atoms with van der Waals surface area (Å²) in [6, 6.07) is 3.28. The van der Waals surface area contributed by atoms with Gasteiger partial charge < -0.3 is 29.4 Å². The first-order valence-corrected chi connectivity index (χ1v) is 15.0. The number of halogens is 1. The first-order valence-electron chi connectivity index (χ1n) is 15.0. The largest absolute Gasteiger partial charge is 0.436 e. The summed E-state index contributed by atoms with van der Waals surface area (Å²) < 4.78 is 21.6. The van der Waals surface area contributed by atoms with Crippen LogP contribution >= 0.6 is 0 Å². The predicted molar refractivity (Wildman–Crippen MR) is 170 cm³/mol. The zero-order valence-corrected chi connectivity index (χ0v) is 27.3. The minimum atomic E-state index is -1.23. The molecule has 0 saturated carbocycles. The van der Waals surface area contributed by atoms with Crippen molar-refractivity contribution < 1.29 is 23.5 Å². The topological polar surface area (TPSA) is 143 Å². The Labute approximate surface area is 262 Å². The Morgan fingerprint density at radius 3 is 2.38 bits per heavy atom. The van der Waals surface area contributed by atoms with E-state index in [1.165, 1.54) is 40.6 Å². The van der Waals surface area contributed by atoms with Gasteiger partial charge in [-0.25, -0.2) is 14.2 Å². The van der Waals surface area contributed by atoms with Crippen molar-refractivity contribution >= 4 is 34.6 Å². The zero-order valence-electron chi connectivity index (χ0n) is 27.3. The second-order valence-electron chi connectivity index (χ2n) is 12.3. The highest BCUT2D eigenvalue weighted by Gasteiger charge is 2.25. The van der Waals surface area contributed by atoms with Crippen molar-refractivity contribution in [3.8, 4) is 0 Å². The van der Waals surface area contributed by atoms with Gasteiger partial charge >= 0.3 is 6.09 Å². The lowest BCUT2D eigenvalue weighted by molar-refractivity contribution is -0.125. The molecule has 0 radical (unpaired) electrons. The lowest BCUT2D eigenvalue weighted by atomic mass is 10.1. The van der Waals surface area contributed by atoms with E-state index in [0.717, 1.165) is 6.20 Å². The van der Waals surface area contributed by atoms with Crippen molar-refractivity contribution in [1.82, 2.24) is 29.3 Å². The Balaban J connectivity index is 1.94. The molecule has 2 N–H and O–H groups in total. The van der Waals surface area contributed by atoms with Gasteiger partial charge in [-0.1, -0.05) is 33.8 Å². The molecule has 45 heavy (non-hydrogen) atoms. The molecule has 3 rings (SSSR count). The van der Waals surface area contributed by atoms with Gasteiger partial charge in [0.1, 0.15) is 17.0 Å². The lowest BCUT2D eigenvalue weighted by Crippen LogP contribution is -2.38. The van der Waals surface area contributed by atoms with Crippen LogP contribution in [0.3, 0.4) is 0 Å². The number of imidazole rings is 1. The number of rotatable bonds is 13. The van der Waals surface area contributed by atoms with E-state index in [2.05, 4.69) is 20.3 Å². The molecule has 0 aliphatic carbocycles. The van der Waals surface area contributed by atoms with Gasteiger partial charge in [-0.3, -0.25) is 19.4 Å². The number of hydrogen-bond donors (Lipinski definition) is 2. The Hall–Kier alpha value is -4.55. The lowest BCUT2D eigenvalue weighted by Gasteiger charge is -2.20. The number of carbonyl (C=O) groups excluding carboxylic acids is 3. The minimum absolute atomic E-state index is 0.00355. The molecule has 0 saturated heterocycles. The number of aromatic amines is 1. The Kier molecular flexibility index (Phi) is 12.0. The van der Waals surface area contributed by atoms with E-state index in [9.17, 15) is 23.6 Å². The van der Waals surface area contributed by atoms with Gasteiger partial charge in [0.15, 0.2) is 11.9 Å². The Morgan fingerprint density at radius 2 is 1.76 bits per heavy atom. The second-order valence-corrected chi connectivity index (χ2v) is 12.3. The van der Waals surface area contributed by atoms with Crippen LogP contribution in [0.15, 0.2) is 35.3 Å². The third-order valence-corrected chi connectivity index (χ3v) is 6.85. The van der Waals surface area contributed by atoms with Gasteiger partial charge in [-0.2, -0.15) is 0 Å². The maximum Gasteiger partial charge on any atom is 0.410 e. The van der Waals surface area contributed by atoms with Crippen LogP contribution in [0, 0.1) is 17.7 Å². The smallest absolute Gasteiger partial charge is 0.410 e. The fourth-order valence-corrected chi connectivity index (χ4v) is 4.58. The average Bonchev–Trinajstić information content (AvgIpc) is 3.39. The molecule has 0 fully saturated rings. The van der Waals surface area contributed by atoms with E-state index < -0.39 is 29.5 Å². The molecule has 3 aromatic heterocycles. The first-order chi connectivity index (χ1) is 21.2. The standard InChI is InChI=1S/C32H44FN7O5/c1-19(2)15-21-13-14-23(35-30(42)25(45-32(44)39(7)8)11-9-10-12-27(41)38(5)6)31(43)40(21)18-26-36-28-22(33)17-34-24(16-20(3)4)29(28)37-26/h10,12-14,17,19-20,25H,9,11,15-16,18H2,1-8H3,(H,35,42)(H,36,37). The number of amides is 3. The molecule has 0 spiro atoms. The van der Waals surface area contributed by atoms with Crippen molar-refractivity contribution in [2.45, 2.75) is 66.0 Å². The molecule has 244 valence electrons. The van der Waals surface area contributed by atoms with Gasteiger partial charge in [-0.05, 0) is 55.7 Å². The molecular formula is C32H44FN7O5. The molecule has 3 heterocycles. The van der Waals surface area contributed by atoms with E-state index in [1.54, 1.807) is 26.2 Å². The molecule has 0 aromatic carbocycles. The van der Waals surface area contributed by atoms with Crippen LogP contribution in [-0.4, -0.2) is 81.5 Å². The maximum absolute atomic E-state index is 14.7. The number of likely N-dealkylation sites (N-methyl/N-ethyl adjacent to an activating group) is 1. The summed E-state index contributed by atoms with van der Waals surface area (Å²) in [5.41, 5.74) is 1.55. The van der Waals surface area contributed by atoms with Crippen LogP contribution in [0.25, 0.3) is 11.0 Å². The van der Waals surface area contributed by atoms with E-state index in [4.69, 9.17) is 4.74 Å². The molecule has 0 aliphatic heterocycles. The third kappa shape index (κ3) is 9.47. The van der Waals surface area contributed by atoms with E-state index in [-0.39, 0.29) is 48.3 Å². The third-order valence-electron chi connectivity index (χ3n) is 6.85. The average molecular weight is 626 g/mol. The summed E-state index contributed by atoms with van der Waals surface area (Å²) in [5, 5.41) is 2.63. The SMILES string of the molecule is CC(C)Cc1ncc(F)c2nc(Cn3c(CC(C)C)ccc(NC(=O)C(CCC=CC(=O)N(C)C)OC(=O)N(C)C)c3=O)[nH]c12. The van der Waals surface area contributed by atoms with Gasteiger partial charge in [0.05, 0.1) is 24.0 Å². The maximum atomic E-state index is 14.7. The van der Waals surface area contributed by atoms with Crippen molar-refractivity contribution in [2.24, 2.45) is 11.8 Å². The number of H-pyrrole nitrogens is 1. The van der Waals surface area contributed by atoms with E-state index >= 15 is 0 Å². The number of nitrogens with one attached hydrogen (secondary N) is 2. The zero-order chi connectivity index (χ0) is 33.4. The fraction of sp³-hybridized carbons (Fsp3) is 0.500. The number of anilines is 1. The minimum Gasteiger partial charge on any atom is -0.436 e. The predicted octanol–water partition coefficient (Wildman–Crippen LogP) is 4.13. The van der Waals surface area contributed by atoms with Gasteiger partial charge in [0, 0.05) is 33.9 Å². The van der Waals surface area contributed by atoms with Crippen LogP contribution in [0.1, 0.15) is 57.7 Å². The molecule has 0 bridgehead atoms. The number of ether oxygens (including phenoxy) is 1. The first kappa shape index (κ1) is 34.9. The van der Waals surface area contributed by atoms with Gasteiger partial charge in [0.2, 0.25) is 5.91 Å². The number of hydrogen-bond acceptors (Lipinski definition) is 7. The highest BCUT2D eigenvalue weighted by Crippen LogP contribution is 2.21. The molecule has 12 nitrogen and oxygen atoms in total. The summed E-state index contributed by atoms with van der Waals surface area (Å²) in [7, 11) is 6.22. The van der Waals surface area contributed by atoms with Crippen LogP contribution in [0.4, 0.5) is 14.9 Å². The van der Waals surface area contributed by atoms with Crippen LogP contribution < -0.4 is 10.9 Å².